The highest BCUT2D eigenvalue weighted by molar-refractivity contribution is 14.3. The quantitative estimate of drug-likeness (QED) is 0.400. The van der Waals surface area contributed by atoms with E-state index >= 15 is 0 Å². The van der Waals surface area contributed by atoms with E-state index < -0.39 is 2.93 Å². The first kappa shape index (κ1) is 7.03. The summed E-state index contributed by atoms with van der Waals surface area (Å²) in [5.74, 6) is 0. The van der Waals surface area contributed by atoms with Crippen molar-refractivity contribution >= 4 is 56.5 Å². The highest BCUT2D eigenvalue weighted by atomic mass is 127. The molecule has 0 spiro atoms. The van der Waals surface area contributed by atoms with Crippen molar-refractivity contribution in [3.8, 4) is 0 Å². The van der Waals surface area contributed by atoms with Crippen LogP contribution >= 0.6 is 42.4 Å². The van der Waals surface area contributed by atoms with Gasteiger partial charge in [-0.1, -0.05) is 11.2 Å². The first-order valence-corrected chi connectivity index (χ1v) is 9.79. The van der Waals surface area contributed by atoms with Crippen molar-refractivity contribution < 1.29 is 0 Å². The lowest BCUT2D eigenvalue weighted by Crippen LogP contribution is -1.72. The third-order valence-electron chi connectivity index (χ3n) is 0. The summed E-state index contributed by atoms with van der Waals surface area (Å²) >= 11 is 9.49. The van der Waals surface area contributed by atoms with Crippen LogP contribution in [0.2, 0.25) is 0 Å². The largest absolute Gasteiger partial charge is 0.114 e. The molecule has 34 valence electrons. The summed E-state index contributed by atoms with van der Waals surface area (Å²) in [5.41, 5.74) is 0. The number of hydrogen-bond acceptors (Lipinski definition) is 1. The summed E-state index contributed by atoms with van der Waals surface area (Å²) < 4.78 is -0.866. The molecule has 5 heavy (non-hydrogen) atoms. The van der Waals surface area contributed by atoms with Crippen LogP contribution in [-0.2, 0) is 14.1 Å². The Kier molecular flexibility index (Phi) is 3.33. The Morgan fingerprint density at radius 3 is 1.60 bits per heavy atom. The molecular formula is CH4I2S2. The van der Waals surface area contributed by atoms with Crippen LogP contribution < -0.4 is 0 Å². The van der Waals surface area contributed by atoms with E-state index in [1.54, 1.807) is 0 Å². The molecule has 0 amide bonds. The SMILES string of the molecule is C[SH](=S)(I)I. The molecule has 0 radical (unpaired) electrons. The minimum absolute atomic E-state index is 0.866. The van der Waals surface area contributed by atoms with Crippen molar-refractivity contribution in [2.24, 2.45) is 0 Å². The maximum absolute atomic E-state index is 4.91. The van der Waals surface area contributed by atoms with Gasteiger partial charge in [-0.05, 0) is 48.7 Å². The lowest BCUT2D eigenvalue weighted by molar-refractivity contribution is 2.53. The second-order valence-electron chi connectivity index (χ2n) is 0.723. The van der Waals surface area contributed by atoms with Gasteiger partial charge in [-0.2, -0.15) is 0 Å². The van der Waals surface area contributed by atoms with E-state index in [0.717, 1.165) is 0 Å². The predicted octanol–water partition coefficient (Wildman–Crippen LogP) is 1.66. The van der Waals surface area contributed by atoms with Crippen LogP contribution in [-0.4, -0.2) is 6.26 Å². The summed E-state index contributed by atoms with van der Waals surface area (Å²) in [6.07, 6.45) is 2.09. The highest BCUT2D eigenvalue weighted by Crippen LogP contribution is 2.19. The Morgan fingerprint density at radius 2 is 1.60 bits per heavy atom. The zero-order chi connectivity index (χ0) is 4.50. The summed E-state index contributed by atoms with van der Waals surface area (Å²) in [6, 6.07) is 0. The molecule has 0 unspecified atom stereocenters. The molecule has 0 aliphatic carbocycles. The first-order chi connectivity index (χ1) is 2.00. The molecule has 0 aliphatic rings. The smallest absolute Gasteiger partial charge is 0.0136 e. The third-order valence-corrected chi connectivity index (χ3v) is 0. The third kappa shape index (κ3) is 23.8. The number of thiol groups is 1. The second kappa shape index (κ2) is 2.37. The molecule has 0 rings (SSSR count). The molecule has 0 saturated heterocycles. The van der Waals surface area contributed by atoms with Crippen LogP contribution in [0.5, 0.6) is 0 Å². The van der Waals surface area contributed by atoms with Gasteiger partial charge in [-0.15, -0.1) is 2.93 Å². The first-order valence-electron chi connectivity index (χ1n) is 0.968. The maximum Gasteiger partial charge on any atom is -0.0136 e. The average Bonchev–Trinajstić information content (AvgIpc) is 0.722. The number of hydrogen-bond donors (Lipinski definition) is 1. The van der Waals surface area contributed by atoms with E-state index in [0.29, 0.717) is 0 Å². The van der Waals surface area contributed by atoms with Gasteiger partial charge in [0, 0.05) is 0 Å². The van der Waals surface area contributed by atoms with Gasteiger partial charge in [0.1, 0.15) is 0 Å². The van der Waals surface area contributed by atoms with Gasteiger partial charge < -0.3 is 0 Å². The molecule has 0 aromatic heterocycles. The van der Waals surface area contributed by atoms with Crippen molar-refractivity contribution in [3.05, 3.63) is 0 Å². The molecular weight excluding hydrogens is 330 g/mol. The fourth-order valence-electron chi connectivity index (χ4n) is 0. The summed E-state index contributed by atoms with van der Waals surface area (Å²) in [6.45, 7) is 0. The molecule has 0 heterocycles. The van der Waals surface area contributed by atoms with Crippen LogP contribution in [0.1, 0.15) is 0 Å². The molecule has 0 aliphatic heterocycles. The van der Waals surface area contributed by atoms with Crippen LogP contribution in [0, 0.1) is 0 Å². The average molecular weight is 334 g/mol. The van der Waals surface area contributed by atoms with Crippen molar-refractivity contribution in [1.29, 1.82) is 0 Å². The summed E-state index contributed by atoms with van der Waals surface area (Å²) in [5, 5.41) is 0. The van der Waals surface area contributed by atoms with E-state index in [-0.39, 0.29) is 0 Å². The molecule has 0 aromatic carbocycles. The molecule has 0 bridgehead atoms. The van der Waals surface area contributed by atoms with E-state index in [9.17, 15) is 0 Å². The van der Waals surface area contributed by atoms with Crippen LogP contribution in [0.3, 0.4) is 0 Å². The lowest BCUT2D eigenvalue weighted by atomic mass is 12.0. The molecule has 0 aromatic rings. The van der Waals surface area contributed by atoms with Crippen LogP contribution in [0.25, 0.3) is 0 Å². The van der Waals surface area contributed by atoms with Crippen molar-refractivity contribution in [3.63, 3.8) is 0 Å². The predicted molar refractivity (Wildman–Crippen MR) is 50.1 cm³/mol. The lowest BCUT2D eigenvalue weighted by Gasteiger charge is -1.94. The van der Waals surface area contributed by atoms with E-state index in [4.69, 9.17) is 11.2 Å². The van der Waals surface area contributed by atoms with Gasteiger partial charge in [-0.25, -0.2) is 0 Å². The van der Waals surface area contributed by atoms with E-state index in [1.165, 1.54) is 0 Å². The maximum atomic E-state index is 4.91. The zero-order valence-electron chi connectivity index (χ0n) is 2.61. The Bertz CT molecular complexity index is 53.8. The minimum atomic E-state index is -0.866. The van der Waals surface area contributed by atoms with Crippen molar-refractivity contribution in [2.75, 3.05) is 6.26 Å². The topological polar surface area (TPSA) is 0 Å². The van der Waals surface area contributed by atoms with Gasteiger partial charge in [0.05, 0.1) is 0 Å². The second-order valence-corrected chi connectivity index (χ2v) is 25.4. The van der Waals surface area contributed by atoms with Crippen LogP contribution in [0.4, 0.5) is 0 Å². The fourth-order valence-corrected chi connectivity index (χ4v) is 0. The van der Waals surface area contributed by atoms with Gasteiger partial charge in [0.25, 0.3) is 0 Å². The number of halogens is 2. The normalized spacial score (nSPS) is 15.0. The molecule has 0 fully saturated rings. The molecule has 0 N–H and O–H groups in total. The minimum Gasteiger partial charge on any atom is -0.114 e. The summed E-state index contributed by atoms with van der Waals surface area (Å²) in [7, 11) is 0. The van der Waals surface area contributed by atoms with Crippen LogP contribution in [0.15, 0.2) is 0 Å². The zero-order valence-corrected chi connectivity index (χ0v) is 8.64. The molecule has 4 heteroatoms. The highest BCUT2D eigenvalue weighted by Gasteiger charge is 1.81. The fraction of sp³-hybridized carbons (Fsp3) is 1.00. The number of rotatable bonds is 0. The van der Waals surface area contributed by atoms with Gasteiger partial charge in [0.2, 0.25) is 0 Å². The van der Waals surface area contributed by atoms with E-state index in [1.807, 2.05) is 0 Å². The Labute approximate surface area is 61.8 Å². The molecule has 0 atom stereocenters. The Balaban J connectivity index is 3.47. The monoisotopic (exact) mass is 334 g/mol. The van der Waals surface area contributed by atoms with Gasteiger partial charge in [0.15, 0.2) is 0 Å². The standard InChI is InChI=1S/CH4I2S2/c1-5(2,3)4/h5H,1H3. The van der Waals surface area contributed by atoms with Crippen molar-refractivity contribution in [1.82, 2.24) is 0 Å². The van der Waals surface area contributed by atoms with Gasteiger partial charge in [-0.3, -0.25) is 0 Å². The Hall–Kier alpha value is 2.03. The Morgan fingerprint density at radius 1 is 1.60 bits per heavy atom. The molecule has 0 nitrogen and oxygen atoms in total. The van der Waals surface area contributed by atoms with Crippen molar-refractivity contribution in [2.45, 2.75) is 0 Å². The molecule has 0 saturated carbocycles. The summed E-state index contributed by atoms with van der Waals surface area (Å²) in [4.78, 5) is 0. The van der Waals surface area contributed by atoms with Gasteiger partial charge >= 0.3 is 0 Å². The van der Waals surface area contributed by atoms with E-state index in [2.05, 4.69) is 48.7 Å².